The fourth-order valence-electron chi connectivity index (χ4n) is 1.60. The van der Waals surface area contributed by atoms with Crippen molar-refractivity contribution >= 4 is 5.97 Å². The van der Waals surface area contributed by atoms with E-state index in [0.717, 1.165) is 32.1 Å². The van der Waals surface area contributed by atoms with E-state index in [1.807, 2.05) is 13.0 Å². The third-order valence-corrected chi connectivity index (χ3v) is 2.80. The van der Waals surface area contributed by atoms with Crippen molar-refractivity contribution in [3.8, 4) is 6.07 Å². The summed E-state index contributed by atoms with van der Waals surface area (Å²) in [6.07, 6.45) is 7.38. The molecule has 0 aromatic carbocycles. The van der Waals surface area contributed by atoms with E-state index in [1.165, 1.54) is 0 Å². The molecule has 1 atom stereocenters. The molecule has 0 aliphatic carbocycles. The van der Waals surface area contributed by atoms with Crippen LogP contribution in [0.2, 0.25) is 0 Å². The highest BCUT2D eigenvalue weighted by Gasteiger charge is 2.23. The highest BCUT2D eigenvalue weighted by molar-refractivity contribution is 5.66. The smallest absolute Gasteiger partial charge is 0.303 e. The van der Waals surface area contributed by atoms with Crippen molar-refractivity contribution in [3.63, 3.8) is 0 Å². The van der Waals surface area contributed by atoms with Gasteiger partial charge in [-0.25, -0.2) is 0 Å². The van der Waals surface area contributed by atoms with Gasteiger partial charge in [0.25, 0.3) is 0 Å². The van der Waals surface area contributed by atoms with Gasteiger partial charge in [-0.3, -0.25) is 4.79 Å². The fourth-order valence-corrected chi connectivity index (χ4v) is 1.60. The summed E-state index contributed by atoms with van der Waals surface area (Å²) < 4.78 is 0. The predicted octanol–water partition coefficient (Wildman–Crippen LogP) is 3.52. The van der Waals surface area contributed by atoms with Gasteiger partial charge in [-0.15, -0.1) is 6.58 Å². The Labute approximate surface area is 97.8 Å². The summed E-state index contributed by atoms with van der Waals surface area (Å²) in [4.78, 5) is 10.5. The Hall–Kier alpha value is -1.30. The largest absolute Gasteiger partial charge is 0.481 e. The Bertz CT molecular complexity index is 268. The lowest BCUT2D eigenvalue weighted by atomic mass is 9.82. The lowest BCUT2D eigenvalue weighted by molar-refractivity contribution is -0.137. The molecule has 90 valence electrons. The molecule has 1 N–H and O–H groups in total. The van der Waals surface area contributed by atoms with Gasteiger partial charge in [0.2, 0.25) is 0 Å². The number of hydrogen-bond acceptors (Lipinski definition) is 2. The van der Waals surface area contributed by atoms with Crippen molar-refractivity contribution in [2.24, 2.45) is 5.41 Å². The maximum absolute atomic E-state index is 10.5. The van der Waals surface area contributed by atoms with Gasteiger partial charge in [-0.05, 0) is 32.6 Å². The summed E-state index contributed by atoms with van der Waals surface area (Å²) in [5.41, 5.74) is -0.480. The van der Waals surface area contributed by atoms with E-state index in [4.69, 9.17) is 10.4 Å². The van der Waals surface area contributed by atoms with Crippen molar-refractivity contribution in [2.45, 2.75) is 51.9 Å². The molecule has 0 aromatic rings. The summed E-state index contributed by atoms with van der Waals surface area (Å²) in [7, 11) is 0. The average Bonchev–Trinajstić information content (AvgIpc) is 2.26. The molecule has 0 bridgehead atoms. The molecule has 3 nitrogen and oxygen atoms in total. The van der Waals surface area contributed by atoms with E-state index in [0.29, 0.717) is 6.42 Å². The monoisotopic (exact) mass is 223 g/mol. The van der Waals surface area contributed by atoms with E-state index in [1.54, 1.807) is 0 Å². The number of aliphatic carboxylic acids is 1. The van der Waals surface area contributed by atoms with Crippen LogP contribution in [0.4, 0.5) is 0 Å². The van der Waals surface area contributed by atoms with E-state index >= 15 is 0 Å². The van der Waals surface area contributed by atoms with Crippen LogP contribution >= 0.6 is 0 Å². The molecule has 0 rings (SSSR count). The highest BCUT2D eigenvalue weighted by atomic mass is 16.4. The zero-order valence-corrected chi connectivity index (χ0v) is 10.0. The van der Waals surface area contributed by atoms with Crippen molar-refractivity contribution in [2.75, 3.05) is 0 Å². The maximum atomic E-state index is 10.5. The zero-order chi connectivity index (χ0) is 12.4. The van der Waals surface area contributed by atoms with Crippen LogP contribution in [0.25, 0.3) is 0 Å². The average molecular weight is 223 g/mol. The number of unbranched alkanes of at least 4 members (excludes halogenated alkanes) is 3. The van der Waals surface area contributed by atoms with Gasteiger partial charge in [-0.2, -0.15) is 5.26 Å². The minimum absolute atomic E-state index is 0.0801. The number of rotatable bonds is 9. The van der Waals surface area contributed by atoms with Crippen LogP contribution in [0.15, 0.2) is 12.7 Å². The first-order chi connectivity index (χ1) is 7.54. The molecule has 0 saturated heterocycles. The number of allylic oxidation sites excluding steroid dienone is 1. The van der Waals surface area contributed by atoms with Crippen LogP contribution in [-0.2, 0) is 4.79 Å². The molecule has 0 radical (unpaired) electrons. The van der Waals surface area contributed by atoms with Gasteiger partial charge >= 0.3 is 5.97 Å². The van der Waals surface area contributed by atoms with Crippen LogP contribution in [0.5, 0.6) is 0 Å². The summed E-state index contributed by atoms with van der Waals surface area (Å²) in [5, 5.41) is 17.6. The molecule has 1 unspecified atom stereocenters. The van der Waals surface area contributed by atoms with Crippen LogP contribution in [-0.4, -0.2) is 11.1 Å². The first kappa shape index (κ1) is 14.7. The summed E-state index contributed by atoms with van der Waals surface area (Å²) in [5.74, 6) is -0.826. The minimum atomic E-state index is -0.826. The van der Waals surface area contributed by atoms with Gasteiger partial charge in [0.15, 0.2) is 0 Å². The Kier molecular flexibility index (Phi) is 7.28. The molecule has 0 aromatic heterocycles. The van der Waals surface area contributed by atoms with E-state index in [-0.39, 0.29) is 6.42 Å². The molecule has 0 saturated carbocycles. The van der Waals surface area contributed by atoms with Crippen molar-refractivity contribution in [3.05, 3.63) is 12.7 Å². The van der Waals surface area contributed by atoms with Gasteiger partial charge in [-0.1, -0.05) is 18.9 Å². The van der Waals surface area contributed by atoms with E-state index in [9.17, 15) is 4.79 Å². The lowest BCUT2D eigenvalue weighted by Gasteiger charge is -2.20. The minimum Gasteiger partial charge on any atom is -0.481 e. The molecule has 0 spiro atoms. The Balaban J connectivity index is 3.84. The van der Waals surface area contributed by atoms with Crippen molar-refractivity contribution in [1.82, 2.24) is 0 Å². The Morgan fingerprint density at radius 3 is 2.62 bits per heavy atom. The second-order valence-electron chi connectivity index (χ2n) is 4.45. The number of hydrogen-bond donors (Lipinski definition) is 1. The van der Waals surface area contributed by atoms with Crippen LogP contribution in [0.1, 0.15) is 51.9 Å². The molecular formula is C13H21NO2. The predicted molar refractivity (Wildman–Crippen MR) is 63.9 cm³/mol. The van der Waals surface area contributed by atoms with E-state index in [2.05, 4.69) is 12.6 Å². The summed E-state index contributed by atoms with van der Waals surface area (Å²) in [6, 6.07) is 2.24. The second-order valence-corrected chi connectivity index (χ2v) is 4.45. The molecule has 0 amide bonds. The SMILES string of the molecule is C=CCCCCCC(C)(C#N)CCC(=O)O. The number of nitrogens with zero attached hydrogens (tertiary/aromatic N) is 1. The fraction of sp³-hybridized carbons (Fsp3) is 0.692. The van der Waals surface area contributed by atoms with Crippen molar-refractivity contribution < 1.29 is 9.90 Å². The zero-order valence-electron chi connectivity index (χ0n) is 10.0. The number of carboxylic acids is 1. The molecule has 0 heterocycles. The van der Waals surface area contributed by atoms with Crippen LogP contribution in [0.3, 0.4) is 0 Å². The second kappa shape index (κ2) is 7.92. The van der Waals surface area contributed by atoms with E-state index < -0.39 is 11.4 Å². The summed E-state index contributed by atoms with van der Waals surface area (Å²) >= 11 is 0. The Morgan fingerprint density at radius 1 is 1.44 bits per heavy atom. The first-order valence-corrected chi connectivity index (χ1v) is 5.78. The van der Waals surface area contributed by atoms with Gasteiger partial charge in [0, 0.05) is 6.42 Å². The first-order valence-electron chi connectivity index (χ1n) is 5.78. The lowest BCUT2D eigenvalue weighted by Crippen LogP contribution is -2.15. The molecule has 3 heteroatoms. The molecule has 0 aliphatic rings. The quantitative estimate of drug-likeness (QED) is 0.480. The molecule has 0 fully saturated rings. The normalized spacial score (nSPS) is 13.8. The van der Waals surface area contributed by atoms with Gasteiger partial charge in [0.1, 0.15) is 0 Å². The Morgan fingerprint density at radius 2 is 2.12 bits per heavy atom. The summed E-state index contributed by atoms with van der Waals surface area (Å²) in [6.45, 7) is 5.51. The number of carbonyl (C=O) groups is 1. The highest BCUT2D eigenvalue weighted by Crippen LogP contribution is 2.29. The number of carboxylic acid groups (broad SMARTS) is 1. The van der Waals surface area contributed by atoms with Crippen molar-refractivity contribution in [1.29, 1.82) is 5.26 Å². The number of nitriles is 1. The van der Waals surface area contributed by atoms with Crippen LogP contribution in [0, 0.1) is 16.7 Å². The maximum Gasteiger partial charge on any atom is 0.303 e. The molecule has 16 heavy (non-hydrogen) atoms. The topological polar surface area (TPSA) is 61.1 Å². The standard InChI is InChI=1S/C13H21NO2/c1-3-4-5-6-7-9-13(2,11-14)10-8-12(15)16/h3H,1,4-10H2,2H3,(H,15,16). The van der Waals surface area contributed by atoms with Gasteiger partial charge < -0.3 is 5.11 Å². The third-order valence-electron chi connectivity index (χ3n) is 2.80. The van der Waals surface area contributed by atoms with Gasteiger partial charge in [0.05, 0.1) is 11.5 Å². The van der Waals surface area contributed by atoms with Crippen LogP contribution < -0.4 is 0 Å². The molecular weight excluding hydrogens is 202 g/mol. The third kappa shape index (κ3) is 7.05. The molecule has 0 aliphatic heterocycles.